The Hall–Kier alpha value is -2.70. The Kier molecular flexibility index (Phi) is 3.51. The summed E-state index contributed by atoms with van der Waals surface area (Å²) in [7, 11) is 0. The second kappa shape index (κ2) is 5.12. The smallest absolute Gasteiger partial charge is 0.354 e. The van der Waals surface area contributed by atoms with E-state index in [-0.39, 0.29) is 16.9 Å². The predicted octanol–water partition coefficient (Wildman–Crippen LogP) is 2.55. The van der Waals surface area contributed by atoms with Crippen LogP contribution in [0.1, 0.15) is 26.5 Å². The molecule has 0 spiro atoms. The molecule has 5 nitrogen and oxygen atoms in total. The number of aromatic nitrogens is 1. The molecule has 2 aromatic rings. The zero-order valence-electron chi connectivity index (χ0n) is 10.3. The van der Waals surface area contributed by atoms with Gasteiger partial charge in [-0.25, -0.2) is 13.6 Å². The minimum Gasteiger partial charge on any atom is -0.477 e. The number of carbonyl (C=O) groups is 2. The van der Waals surface area contributed by atoms with Crippen molar-refractivity contribution in [2.24, 2.45) is 0 Å². The molecule has 3 N–H and O–H groups in total. The molecule has 1 aromatic heterocycles. The van der Waals surface area contributed by atoms with Crippen LogP contribution in [0.25, 0.3) is 0 Å². The number of rotatable bonds is 3. The van der Waals surface area contributed by atoms with E-state index in [2.05, 4.69) is 10.3 Å². The van der Waals surface area contributed by atoms with Gasteiger partial charge in [0.2, 0.25) is 0 Å². The van der Waals surface area contributed by atoms with Crippen LogP contribution in [0.15, 0.2) is 24.3 Å². The summed E-state index contributed by atoms with van der Waals surface area (Å²) >= 11 is 0. The van der Waals surface area contributed by atoms with Gasteiger partial charge in [0.1, 0.15) is 17.3 Å². The number of aryl methyl sites for hydroxylation is 1. The highest BCUT2D eigenvalue weighted by Gasteiger charge is 2.18. The summed E-state index contributed by atoms with van der Waals surface area (Å²) in [6, 6.07) is 3.91. The quantitative estimate of drug-likeness (QED) is 0.808. The van der Waals surface area contributed by atoms with Crippen molar-refractivity contribution in [3.63, 3.8) is 0 Å². The number of aromatic carboxylic acids is 1. The fourth-order valence-corrected chi connectivity index (χ4v) is 1.72. The third-order valence-electron chi connectivity index (χ3n) is 2.59. The van der Waals surface area contributed by atoms with E-state index < -0.39 is 23.5 Å². The number of nitrogens with one attached hydrogen (secondary N) is 2. The number of aromatic amines is 1. The number of H-pyrrole nitrogens is 1. The summed E-state index contributed by atoms with van der Waals surface area (Å²) < 4.78 is 26.2. The molecule has 20 heavy (non-hydrogen) atoms. The molecule has 7 heteroatoms. The fourth-order valence-electron chi connectivity index (χ4n) is 1.72. The van der Waals surface area contributed by atoms with Gasteiger partial charge in [-0.05, 0) is 25.1 Å². The van der Waals surface area contributed by atoms with Crippen LogP contribution in [0.2, 0.25) is 0 Å². The Bertz CT molecular complexity index is 695. The summed E-state index contributed by atoms with van der Waals surface area (Å²) in [5.41, 5.74) is -0.0408. The normalized spacial score (nSPS) is 10.3. The van der Waals surface area contributed by atoms with Crippen molar-refractivity contribution in [2.75, 3.05) is 5.32 Å². The van der Waals surface area contributed by atoms with Gasteiger partial charge in [-0.1, -0.05) is 0 Å². The van der Waals surface area contributed by atoms with Gasteiger partial charge < -0.3 is 15.4 Å². The average molecular weight is 280 g/mol. The average Bonchev–Trinajstić information content (AvgIpc) is 2.70. The molecule has 2 rings (SSSR count). The number of anilines is 1. The van der Waals surface area contributed by atoms with E-state index in [0.717, 1.165) is 12.1 Å². The molecule has 0 aliphatic carbocycles. The highest BCUT2D eigenvalue weighted by Crippen LogP contribution is 2.19. The number of hydrogen-bond donors (Lipinski definition) is 3. The molecule has 0 unspecified atom stereocenters. The second-order valence-electron chi connectivity index (χ2n) is 4.12. The van der Waals surface area contributed by atoms with Crippen LogP contribution in [0.3, 0.4) is 0 Å². The summed E-state index contributed by atoms with van der Waals surface area (Å²) in [5.74, 6) is -3.94. The monoisotopic (exact) mass is 280 g/mol. The maximum atomic E-state index is 13.4. The van der Waals surface area contributed by atoms with E-state index in [1.54, 1.807) is 6.92 Å². The minimum atomic E-state index is -1.26. The number of carboxylic acid groups (broad SMARTS) is 1. The van der Waals surface area contributed by atoms with Crippen LogP contribution in [-0.4, -0.2) is 22.0 Å². The van der Waals surface area contributed by atoms with Gasteiger partial charge in [0.15, 0.2) is 0 Å². The van der Waals surface area contributed by atoms with E-state index in [1.807, 2.05) is 0 Å². The van der Waals surface area contributed by atoms with Gasteiger partial charge in [0, 0.05) is 11.8 Å². The van der Waals surface area contributed by atoms with Gasteiger partial charge in [-0.15, -0.1) is 0 Å². The highest BCUT2D eigenvalue weighted by molar-refractivity contribution is 6.07. The van der Waals surface area contributed by atoms with Gasteiger partial charge in [-0.2, -0.15) is 0 Å². The van der Waals surface area contributed by atoms with Crippen LogP contribution >= 0.6 is 0 Å². The first-order valence-electron chi connectivity index (χ1n) is 5.58. The number of benzene rings is 1. The van der Waals surface area contributed by atoms with Crippen molar-refractivity contribution in [1.82, 2.24) is 4.98 Å². The van der Waals surface area contributed by atoms with Crippen LogP contribution in [0.4, 0.5) is 14.5 Å². The van der Waals surface area contributed by atoms with E-state index in [4.69, 9.17) is 5.11 Å². The maximum Gasteiger partial charge on any atom is 0.354 e. The first-order chi connectivity index (χ1) is 9.38. The molecule has 1 aromatic carbocycles. The molecule has 1 amide bonds. The van der Waals surface area contributed by atoms with Crippen molar-refractivity contribution in [3.8, 4) is 0 Å². The number of amides is 1. The Morgan fingerprint density at radius 1 is 1.25 bits per heavy atom. The number of carbonyl (C=O) groups excluding carboxylic acids is 1. The number of carboxylic acids is 1. The van der Waals surface area contributed by atoms with Gasteiger partial charge in [0.25, 0.3) is 5.91 Å². The Labute approximate surface area is 112 Å². The second-order valence-corrected chi connectivity index (χ2v) is 4.12. The summed E-state index contributed by atoms with van der Waals surface area (Å²) in [6.07, 6.45) is 0. The molecule has 0 bridgehead atoms. The van der Waals surface area contributed by atoms with E-state index in [9.17, 15) is 18.4 Å². The predicted molar refractivity (Wildman–Crippen MR) is 66.8 cm³/mol. The number of halogens is 2. The largest absolute Gasteiger partial charge is 0.477 e. The van der Waals surface area contributed by atoms with Gasteiger partial charge in [-0.3, -0.25) is 4.79 Å². The fraction of sp³-hybridized carbons (Fsp3) is 0.0769. The molecule has 0 aliphatic heterocycles. The Morgan fingerprint density at radius 3 is 2.55 bits per heavy atom. The Morgan fingerprint density at radius 2 is 1.95 bits per heavy atom. The molecule has 0 radical (unpaired) electrons. The maximum absolute atomic E-state index is 13.4. The molecule has 0 saturated carbocycles. The summed E-state index contributed by atoms with van der Waals surface area (Å²) in [4.78, 5) is 25.4. The van der Waals surface area contributed by atoms with Crippen LogP contribution < -0.4 is 5.32 Å². The topological polar surface area (TPSA) is 82.2 Å². The van der Waals surface area contributed by atoms with Crippen molar-refractivity contribution < 1.29 is 23.5 Å². The lowest BCUT2D eigenvalue weighted by molar-refractivity contribution is 0.0692. The lowest BCUT2D eigenvalue weighted by atomic mass is 10.2. The third kappa shape index (κ3) is 2.66. The molecular weight excluding hydrogens is 270 g/mol. The zero-order chi connectivity index (χ0) is 14.9. The van der Waals surface area contributed by atoms with Crippen molar-refractivity contribution in [1.29, 1.82) is 0 Å². The first kappa shape index (κ1) is 13.7. The lowest BCUT2D eigenvalue weighted by Gasteiger charge is -2.05. The highest BCUT2D eigenvalue weighted by atomic mass is 19.1. The van der Waals surface area contributed by atoms with Gasteiger partial charge >= 0.3 is 5.97 Å². The van der Waals surface area contributed by atoms with E-state index >= 15 is 0 Å². The lowest BCUT2D eigenvalue weighted by Crippen LogP contribution is -2.15. The van der Waals surface area contributed by atoms with Crippen LogP contribution in [0.5, 0.6) is 0 Å². The molecular formula is C13H10F2N2O3. The van der Waals surface area contributed by atoms with Crippen molar-refractivity contribution in [2.45, 2.75) is 6.92 Å². The van der Waals surface area contributed by atoms with Crippen LogP contribution in [0, 0.1) is 18.6 Å². The summed E-state index contributed by atoms with van der Waals surface area (Å²) in [5, 5.41) is 11.2. The molecule has 104 valence electrons. The summed E-state index contributed by atoms with van der Waals surface area (Å²) in [6.45, 7) is 1.61. The van der Waals surface area contributed by atoms with E-state index in [1.165, 1.54) is 6.07 Å². The molecule has 0 aliphatic rings. The third-order valence-corrected chi connectivity index (χ3v) is 2.59. The standard InChI is InChI=1S/C13H10F2N2O3/c1-6-4-10(11(16-6)13(19)20)17-12(18)8-3-2-7(14)5-9(8)15/h2-5,16H,1H3,(H,17,18)(H,19,20). The molecule has 0 atom stereocenters. The van der Waals surface area contributed by atoms with E-state index in [0.29, 0.717) is 11.8 Å². The minimum absolute atomic E-state index is 0.0173. The Balaban J connectivity index is 2.30. The SMILES string of the molecule is Cc1cc(NC(=O)c2ccc(F)cc2F)c(C(=O)O)[nH]1. The van der Waals surface area contributed by atoms with Crippen molar-refractivity contribution in [3.05, 3.63) is 52.9 Å². The number of hydrogen-bond acceptors (Lipinski definition) is 2. The van der Waals surface area contributed by atoms with Crippen LogP contribution in [-0.2, 0) is 0 Å². The molecule has 0 fully saturated rings. The zero-order valence-corrected chi connectivity index (χ0v) is 10.3. The van der Waals surface area contributed by atoms with Crippen molar-refractivity contribution >= 4 is 17.6 Å². The van der Waals surface area contributed by atoms with Gasteiger partial charge in [0.05, 0.1) is 11.3 Å². The molecule has 1 heterocycles. The molecule has 0 saturated heterocycles. The first-order valence-corrected chi connectivity index (χ1v) is 5.58.